The Bertz CT molecular complexity index is 367. The van der Waals surface area contributed by atoms with Crippen LogP contribution in [0.4, 0.5) is 0 Å². The monoisotopic (exact) mass is 248 g/mol. The number of pyridine rings is 1. The largest absolute Gasteiger partial charge is 0.492 e. The first-order valence-electron chi connectivity index (χ1n) is 7.13. The quantitative estimate of drug-likeness (QED) is 0.871. The molecule has 0 aromatic carbocycles. The molecule has 3 heteroatoms. The van der Waals surface area contributed by atoms with Crippen LogP contribution in [0, 0.1) is 5.92 Å². The fourth-order valence-electron chi connectivity index (χ4n) is 2.87. The molecule has 0 radical (unpaired) electrons. The van der Waals surface area contributed by atoms with E-state index in [1.165, 1.54) is 31.2 Å². The predicted octanol–water partition coefficient (Wildman–Crippen LogP) is 3.10. The molecule has 2 rings (SSSR count). The van der Waals surface area contributed by atoms with E-state index in [4.69, 9.17) is 10.5 Å². The van der Waals surface area contributed by atoms with Crippen LogP contribution in [0.3, 0.4) is 0 Å². The van der Waals surface area contributed by atoms with Crippen LogP contribution >= 0.6 is 0 Å². The second kappa shape index (κ2) is 6.74. The van der Waals surface area contributed by atoms with E-state index in [9.17, 15) is 0 Å². The average Bonchev–Trinajstić information content (AvgIpc) is 2.45. The number of hydrogen-bond donors (Lipinski definition) is 1. The van der Waals surface area contributed by atoms with E-state index in [1.807, 2.05) is 6.20 Å². The van der Waals surface area contributed by atoms with Gasteiger partial charge in [0.05, 0.1) is 12.8 Å². The van der Waals surface area contributed by atoms with E-state index in [2.05, 4.69) is 18.0 Å². The van der Waals surface area contributed by atoms with Crippen LogP contribution < -0.4 is 10.5 Å². The zero-order valence-corrected chi connectivity index (χ0v) is 11.3. The van der Waals surface area contributed by atoms with Crippen molar-refractivity contribution < 1.29 is 4.74 Å². The van der Waals surface area contributed by atoms with Crippen LogP contribution in [0.5, 0.6) is 5.75 Å². The summed E-state index contributed by atoms with van der Waals surface area (Å²) < 4.78 is 5.66. The molecule has 2 unspecified atom stereocenters. The SMILES string of the molecule is CCCOc1cncc(C2CCCCC2CN)c1. The van der Waals surface area contributed by atoms with Crippen molar-refractivity contribution in [1.29, 1.82) is 0 Å². The first-order valence-corrected chi connectivity index (χ1v) is 7.13. The van der Waals surface area contributed by atoms with Gasteiger partial charge in [-0.25, -0.2) is 0 Å². The molecule has 100 valence electrons. The average molecular weight is 248 g/mol. The third-order valence-electron chi connectivity index (χ3n) is 3.85. The molecule has 2 atom stereocenters. The fraction of sp³-hybridized carbons (Fsp3) is 0.667. The van der Waals surface area contributed by atoms with Gasteiger partial charge >= 0.3 is 0 Å². The molecule has 0 saturated heterocycles. The zero-order valence-electron chi connectivity index (χ0n) is 11.3. The van der Waals surface area contributed by atoms with E-state index in [-0.39, 0.29) is 0 Å². The molecule has 18 heavy (non-hydrogen) atoms. The van der Waals surface area contributed by atoms with Gasteiger partial charge in [-0.1, -0.05) is 19.8 Å². The summed E-state index contributed by atoms with van der Waals surface area (Å²) in [5, 5.41) is 0. The Morgan fingerprint density at radius 3 is 2.94 bits per heavy atom. The lowest BCUT2D eigenvalue weighted by Gasteiger charge is -2.30. The lowest BCUT2D eigenvalue weighted by atomic mass is 9.76. The van der Waals surface area contributed by atoms with Gasteiger partial charge in [0.2, 0.25) is 0 Å². The normalized spacial score (nSPS) is 23.9. The summed E-state index contributed by atoms with van der Waals surface area (Å²) in [7, 11) is 0. The van der Waals surface area contributed by atoms with Gasteiger partial charge in [-0.15, -0.1) is 0 Å². The van der Waals surface area contributed by atoms with Crippen molar-refractivity contribution in [1.82, 2.24) is 4.98 Å². The minimum atomic E-state index is 0.571. The van der Waals surface area contributed by atoms with Gasteiger partial charge in [0.15, 0.2) is 0 Å². The van der Waals surface area contributed by atoms with Gasteiger partial charge in [-0.2, -0.15) is 0 Å². The summed E-state index contributed by atoms with van der Waals surface area (Å²) in [6, 6.07) is 2.15. The van der Waals surface area contributed by atoms with E-state index in [0.29, 0.717) is 11.8 Å². The third-order valence-corrected chi connectivity index (χ3v) is 3.85. The van der Waals surface area contributed by atoms with Gasteiger partial charge in [-0.3, -0.25) is 4.98 Å². The number of hydrogen-bond acceptors (Lipinski definition) is 3. The molecule has 1 aliphatic carbocycles. The van der Waals surface area contributed by atoms with Crippen molar-refractivity contribution in [3.8, 4) is 5.75 Å². The van der Waals surface area contributed by atoms with E-state index < -0.39 is 0 Å². The number of nitrogens with two attached hydrogens (primary N) is 1. The molecule has 1 fully saturated rings. The van der Waals surface area contributed by atoms with Crippen LogP contribution in [0.15, 0.2) is 18.5 Å². The van der Waals surface area contributed by atoms with Gasteiger partial charge in [0.25, 0.3) is 0 Å². The second-order valence-corrected chi connectivity index (χ2v) is 5.19. The molecule has 0 aliphatic heterocycles. The molecule has 1 heterocycles. The maximum atomic E-state index is 5.90. The molecule has 3 nitrogen and oxygen atoms in total. The third kappa shape index (κ3) is 3.22. The number of ether oxygens (including phenoxy) is 1. The number of nitrogens with zero attached hydrogens (tertiary/aromatic N) is 1. The maximum Gasteiger partial charge on any atom is 0.137 e. The van der Waals surface area contributed by atoms with E-state index >= 15 is 0 Å². The molecule has 1 aliphatic rings. The molecule has 1 saturated carbocycles. The zero-order chi connectivity index (χ0) is 12.8. The lowest BCUT2D eigenvalue weighted by molar-refractivity contribution is 0.304. The summed E-state index contributed by atoms with van der Waals surface area (Å²) in [5.41, 5.74) is 7.20. The predicted molar refractivity (Wildman–Crippen MR) is 73.8 cm³/mol. The number of rotatable bonds is 5. The smallest absolute Gasteiger partial charge is 0.137 e. The standard InChI is InChI=1S/C15H24N2O/c1-2-7-18-14-8-13(10-17-11-14)15-6-4-3-5-12(15)9-16/h8,10-12,15H,2-7,9,16H2,1H3. The first kappa shape index (κ1) is 13.3. The summed E-state index contributed by atoms with van der Waals surface area (Å²) in [5.74, 6) is 2.08. The molecular formula is C15H24N2O. The van der Waals surface area contributed by atoms with Crippen molar-refractivity contribution in [3.63, 3.8) is 0 Å². The van der Waals surface area contributed by atoms with Crippen molar-refractivity contribution in [2.24, 2.45) is 11.7 Å². The molecule has 0 bridgehead atoms. The van der Waals surface area contributed by atoms with Crippen molar-refractivity contribution >= 4 is 0 Å². The van der Waals surface area contributed by atoms with Crippen LogP contribution in [-0.4, -0.2) is 18.1 Å². The Labute approximate surface area is 110 Å². The fourth-order valence-corrected chi connectivity index (χ4v) is 2.87. The highest BCUT2D eigenvalue weighted by atomic mass is 16.5. The van der Waals surface area contributed by atoms with Crippen LogP contribution in [-0.2, 0) is 0 Å². The van der Waals surface area contributed by atoms with Crippen molar-refractivity contribution in [3.05, 3.63) is 24.0 Å². The van der Waals surface area contributed by atoms with Gasteiger partial charge in [0.1, 0.15) is 5.75 Å². The highest BCUT2D eigenvalue weighted by Gasteiger charge is 2.25. The lowest BCUT2D eigenvalue weighted by Crippen LogP contribution is -2.25. The summed E-state index contributed by atoms with van der Waals surface area (Å²) in [4.78, 5) is 4.32. The summed E-state index contributed by atoms with van der Waals surface area (Å²) >= 11 is 0. The number of aromatic nitrogens is 1. The summed E-state index contributed by atoms with van der Waals surface area (Å²) in [6.07, 6.45) is 9.93. The molecule has 1 aromatic heterocycles. The van der Waals surface area contributed by atoms with Gasteiger partial charge in [-0.05, 0) is 49.3 Å². The van der Waals surface area contributed by atoms with E-state index in [1.54, 1.807) is 6.20 Å². The Morgan fingerprint density at radius 1 is 1.33 bits per heavy atom. The summed E-state index contributed by atoms with van der Waals surface area (Å²) in [6.45, 7) is 3.66. The first-order chi connectivity index (χ1) is 8.85. The van der Waals surface area contributed by atoms with Crippen molar-refractivity contribution in [2.45, 2.75) is 44.9 Å². The van der Waals surface area contributed by atoms with Gasteiger partial charge in [0, 0.05) is 6.20 Å². The molecule has 0 amide bonds. The Balaban J connectivity index is 2.10. The topological polar surface area (TPSA) is 48.1 Å². The molecule has 2 N–H and O–H groups in total. The second-order valence-electron chi connectivity index (χ2n) is 5.19. The Hall–Kier alpha value is -1.09. The van der Waals surface area contributed by atoms with Crippen LogP contribution in [0.25, 0.3) is 0 Å². The Morgan fingerprint density at radius 2 is 2.17 bits per heavy atom. The highest BCUT2D eigenvalue weighted by molar-refractivity contribution is 5.27. The highest BCUT2D eigenvalue weighted by Crippen LogP contribution is 2.37. The molecular weight excluding hydrogens is 224 g/mol. The van der Waals surface area contributed by atoms with E-state index in [0.717, 1.165) is 25.3 Å². The maximum absolute atomic E-state index is 5.90. The molecule has 1 aromatic rings. The van der Waals surface area contributed by atoms with Crippen LogP contribution in [0.1, 0.15) is 50.5 Å². The minimum absolute atomic E-state index is 0.571. The minimum Gasteiger partial charge on any atom is -0.492 e. The molecule has 0 spiro atoms. The van der Waals surface area contributed by atoms with Gasteiger partial charge < -0.3 is 10.5 Å². The Kier molecular flexibility index (Phi) is 5.00. The van der Waals surface area contributed by atoms with Crippen molar-refractivity contribution in [2.75, 3.05) is 13.2 Å². The van der Waals surface area contributed by atoms with Crippen LogP contribution in [0.2, 0.25) is 0 Å².